The third kappa shape index (κ3) is 8.73. The molecule has 8 aromatic rings. The molecule has 0 saturated heterocycles. The number of hydrogen-bond acceptors (Lipinski definition) is 0. The summed E-state index contributed by atoms with van der Waals surface area (Å²) in [5.41, 5.74) is 10.7. The van der Waals surface area contributed by atoms with E-state index in [1.807, 2.05) is 0 Å². The Balaban J connectivity index is 0.000000165. The van der Waals surface area contributed by atoms with Crippen LogP contribution in [0, 0.1) is 20.8 Å². The van der Waals surface area contributed by atoms with Crippen molar-refractivity contribution in [3.05, 3.63) is 156 Å². The predicted octanol–water partition coefficient (Wildman–Crippen LogP) is 14.4. The van der Waals surface area contributed by atoms with E-state index in [2.05, 4.69) is 174 Å². The van der Waals surface area contributed by atoms with Crippen LogP contribution < -0.4 is 0 Å². The van der Waals surface area contributed by atoms with Crippen LogP contribution in [-0.4, -0.2) is 9.52 Å². The van der Waals surface area contributed by atoms with Gasteiger partial charge < -0.3 is 0 Å². The van der Waals surface area contributed by atoms with Gasteiger partial charge in [-0.25, -0.2) is 0 Å². The normalized spacial score (nSPS) is 10.5. The molecule has 0 spiro atoms. The molecule has 0 N–H and O–H groups in total. The van der Waals surface area contributed by atoms with Crippen molar-refractivity contribution in [2.24, 2.45) is 0 Å². The maximum atomic E-state index is 4.93. The zero-order chi connectivity index (χ0) is 34.9. The number of aryl methyl sites for hydroxylation is 4. The van der Waals surface area contributed by atoms with Crippen molar-refractivity contribution in [2.45, 2.75) is 47.2 Å². The summed E-state index contributed by atoms with van der Waals surface area (Å²) >= 11 is -0.826. The second-order valence-electron chi connectivity index (χ2n) is 12.5. The molecule has 8 rings (SSSR count). The predicted molar refractivity (Wildman–Crippen MR) is 218 cm³/mol. The minimum atomic E-state index is -0.826. The van der Waals surface area contributed by atoms with E-state index in [-0.39, 0.29) is 0 Å². The van der Waals surface area contributed by atoms with Crippen LogP contribution in [0.1, 0.15) is 29.2 Å². The standard InChI is InChI=1S/C22H19.C21H17.C2H6Si.2ClH.Zr/c1-3-16-12-21-15(2)8-11-20(22(21)13-16)19-10-9-17-6-4-5-7-18(17)14-19;1-14-11-20-15(2)7-10-19(21(20)12-14)18-9-8-16-5-3-4-6-17(16)13-18;1-3-2;;;/h4-14H,3H2,1-2H3;3-13H,1-2H3;1-2H3;2*1H;/q2*-1;;;;+4/p-2. The van der Waals surface area contributed by atoms with Crippen LogP contribution in [-0.2, 0) is 27.3 Å². The van der Waals surface area contributed by atoms with Crippen molar-refractivity contribution in [1.82, 2.24) is 0 Å². The van der Waals surface area contributed by atoms with E-state index in [9.17, 15) is 0 Å². The van der Waals surface area contributed by atoms with Gasteiger partial charge in [-0.1, -0.05) is 137 Å². The number of fused-ring (bicyclic) bond motifs is 4. The van der Waals surface area contributed by atoms with Crippen LogP contribution >= 0.6 is 17.0 Å². The van der Waals surface area contributed by atoms with E-state index in [1.54, 1.807) is 0 Å². The first-order valence-electron chi connectivity index (χ1n) is 16.7. The molecule has 2 radical (unpaired) electrons. The Morgan fingerprint density at radius 2 is 0.980 bits per heavy atom. The third-order valence-electron chi connectivity index (χ3n) is 8.94. The minimum absolute atomic E-state index is 0.826. The SMILES string of the molecule is CCc1cc2c(-c3ccc4ccccc4c3)ccc(C)c2[cH-]1.C[Si]C.Cc1cc2c(-c3ccc4ccccc4c3)ccc(C)c2[cH-]1.[Cl][Zr+2][Cl]. The summed E-state index contributed by atoms with van der Waals surface area (Å²) in [6, 6.07) is 48.9. The summed E-state index contributed by atoms with van der Waals surface area (Å²) in [7, 11) is 11.0. The molecule has 0 bridgehead atoms. The molecule has 8 aromatic carbocycles. The first-order chi connectivity index (χ1) is 23.8. The summed E-state index contributed by atoms with van der Waals surface area (Å²) < 4.78 is 0. The fourth-order valence-electron chi connectivity index (χ4n) is 6.52. The summed E-state index contributed by atoms with van der Waals surface area (Å²) in [4.78, 5) is 0. The van der Waals surface area contributed by atoms with Crippen molar-refractivity contribution in [3.8, 4) is 22.3 Å². The van der Waals surface area contributed by atoms with Crippen molar-refractivity contribution < 1.29 is 20.8 Å². The summed E-state index contributed by atoms with van der Waals surface area (Å²) in [6.45, 7) is 13.1. The van der Waals surface area contributed by atoms with Crippen molar-refractivity contribution in [2.75, 3.05) is 0 Å². The van der Waals surface area contributed by atoms with Gasteiger partial charge in [-0.2, -0.15) is 12.1 Å². The molecule has 0 nitrogen and oxygen atoms in total. The van der Waals surface area contributed by atoms with Crippen LogP contribution in [0.15, 0.2) is 133 Å². The Labute approximate surface area is 313 Å². The third-order valence-corrected chi connectivity index (χ3v) is 8.94. The van der Waals surface area contributed by atoms with Crippen molar-refractivity contribution in [1.29, 1.82) is 0 Å². The fraction of sp³-hybridized carbons (Fsp3) is 0.156. The number of hydrogen-bond donors (Lipinski definition) is 0. The van der Waals surface area contributed by atoms with Gasteiger partial charge >= 0.3 is 37.9 Å². The molecule has 0 unspecified atom stereocenters. The van der Waals surface area contributed by atoms with E-state index in [4.69, 9.17) is 17.0 Å². The van der Waals surface area contributed by atoms with Gasteiger partial charge in [0.05, 0.1) is 0 Å². The molecule has 4 heteroatoms. The Hall–Kier alpha value is -3.26. The fourth-order valence-corrected chi connectivity index (χ4v) is 6.52. The second kappa shape index (κ2) is 17.6. The average molecular weight is 773 g/mol. The van der Waals surface area contributed by atoms with Gasteiger partial charge in [0.25, 0.3) is 0 Å². The van der Waals surface area contributed by atoms with Crippen LogP contribution in [0.2, 0.25) is 13.1 Å². The van der Waals surface area contributed by atoms with Crippen LogP contribution in [0.25, 0.3) is 65.3 Å². The number of halogens is 2. The van der Waals surface area contributed by atoms with Gasteiger partial charge in [-0.3, -0.25) is 0 Å². The summed E-state index contributed by atoms with van der Waals surface area (Å²) in [5, 5.41) is 10.7. The molecule has 0 heterocycles. The van der Waals surface area contributed by atoms with E-state index >= 15 is 0 Å². The maximum absolute atomic E-state index is 4.93. The molecule has 244 valence electrons. The molecule has 0 aromatic heterocycles. The Kier molecular flexibility index (Phi) is 13.3. The monoisotopic (exact) mass is 770 g/mol. The Bertz CT molecular complexity index is 2310. The first kappa shape index (κ1) is 37.0. The van der Waals surface area contributed by atoms with Gasteiger partial charge in [-0.05, 0) is 51.2 Å². The molecule has 0 atom stereocenters. The molecule has 49 heavy (non-hydrogen) atoms. The second-order valence-corrected chi connectivity index (χ2v) is 17.2. The van der Waals surface area contributed by atoms with Gasteiger partial charge in [0.1, 0.15) is 0 Å². The quantitative estimate of drug-likeness (QED) is 0.124. The van der Waals surface area contributed by atoms with E-state index in [0.717, 1.165) is 15.9 Å². The number of benzene rings is 6. The molecule has 0 aliphatic rings. The zero-order valence-corrected chi connectivity index (χ0v) is 34.1. The van der Waals surface area contributed by atoms with Gasteiger partial charge in [0, 0.05) is 9.52 Å². The molecule has 0 amide bonds. The molecule has 0 fully saturated rings. The van der Waals surface area contributed by atoms with Gasteiger partial charge in [-0.15, -0.1) is 68.1 Å². The zero-order valence-electron chi connectivity index (χ0n) is 29.2. The van der Waals surface area contributed by atoms with Crippen LogP contribution in [0.5, 0.6) is 0 Å². The van der Waals surface area contributed by atoms with Crippen LogP contribution in [0.4, 0.5) is 0 Å². The summed E-state index contributed by atoms with van der Waals surface area (Å²) in [5.74, 6) is 0. The molecule has 0 aliphatic carbocycles. The van der Waals surface area contributed by atoms with Crippen molar-refractivity contribution in [3.63, 3.8) is 0 Å². The topological polar surface area (TPSA) is 0 Å². The van der Waals surface area contributed by atoms with E-state index < -0.39 is 20.8 Å². The average Bonchev–Trinajstić information content (AvgIpc) is 3.74. The molecule has 0 aliphatic heterocycles. The van der Waals surface area contributed by atoms with Crippen LogP contribution in [0.3, 0.4) is 0 Å². The molecule has 0 saturated carbocycles. The molecular formula is C45H42Cl2SiZr. The van der Waals surface area contributed by atoms with Crippen molar-refractivity contribution >= 4 is 69.6 Å². The summed E-state index contributed by atoms with van der Waals surface area (Å²) in [6.07, 6.45) is 1.09. The van der Waals surface area contributed by atoms with Gasteiger partial charge in [0.15, 0.2) is 0 Å². The first-order valence-corrected chi connectivity index (χ1v) is 25.0. The Morgan fingerprint density at radius 1 is 0.551 bits per heavy atom. The Morgan fingerprint density at radius 3 is 1.45 bits per heavy atom. The molecular weight excluding hydrogens is 731 g/mol. The van der Waals surface area contributed by atoms with Gasteiger partial charge in [0.2, 0.25) is 0 Å². The van der Waals surface area contributed by atoms with E-state index in [0.29, 0.717) is 0 Å². The number of rotatable bonds is 3. The van der Waals surface area contributed by atoms with E-state index in [1.165, 1.54) is 87.6 Å².